The van der Waals surface area contributed by atoms with Gasteiger partial charge in [-0.15, -0.1) is 0 Å². The first-order valence-corrected chi connectivity index (χ1v) is 12.5. The Morgan fingerprint density at radius 2 is 1.50 bits per heavy atom. The Kier molecular flexibility index (Phi) is 4.51. The smallest absolute Gasteiger partial charge is 0.246 e. The highest BCUT2D eigenvalue weighted by Crippen LogP contribution is 2.75. The van der Waals surface area contributed by atoms with Crippen molar-refractivity contribution in [2.45, 2.75) is 50.7 Å². The number of fused-ring (bicyclic) bond motifs is 3. The van der Waals surface area contributed by atoms with E-state index < -0.39 is 11.1 Å². The molecule has 0 N–H and O–H groups in total. The van der Waals surface area contributed by atoms with Crippen LogP contribution in [0.15, 0.2) is 65.8 Å². The average molecular weight is 450 g/mol. The zero-order valence-corrected chi connectivity index (χ0v) is 20.1. The first kappa shape index (κ1) is 21.4. The van der Waals surface area contributed by atoms with Crippen LogP contribution in [0.25, 0.3) is 0 Å². The van der Waals surface area contributed by atoms with Gasteiger partial charge in [-0.1, -0.05) is 81.4 Å². The highest BCUT2D eigenvalue weighted by Gasteiger charge is 2.81. The van der Waals surface area contributed by atoms with Gasteiger partial charge < -0.3 is 0 Å². The van der Waals surface area contributed by atoms with Gasteiger partial charge in [0.1, 0.15) is 12.1 Å². The van der Waals surface area contributed by atoms with E-state index in [9.17, 15) is 10.5 Å². The molecule has 34 heavy (non-hydrogen) atoms. The van der Waals surface area contributed by atoms with Gasteiger partial charge in [-0.25, -0.2) is 0 Å². The predicted octanol–water partition coefficient (Wildman–Crippen LogP) is 4.77. The van der Waals surface area contributed by atoms with E-state index in [0.717, 1.165) is 37.2 Å². The molecule has 1 saturated carbocycles. The largest absolute Gasteiger partial charge is 0.296 e. The molecule has 5 nitrogen and oxygen atoms in total. The van der Waals surface area contributed by atoms with Gasteiger partial charge >= 0.3 is 0 Å². The SMILES string of the molecule is C[C@@H]1[C@H](N2CCCC2)C(C#N)(C#N)N2N=C(c3ccccc3)[C@@H]3[C@@H](C3(C)C)[C@]12c1ccccc1. The lowest BCUT2D eigenvalue weighted by atomic mass is 9.71. The number of hydrazone groups is 1. The molecule has 4 aliphatic rings. The third-order valence-corrected chi connectivity index (χ3v) is 9.26. The lowest BCUT2D eigenvalue weighted by Gasteiger charge is -2.46. The molecule has 0 amide bonds. The predicted molar refractivity (Wildman–Crippen MR) is 131 cm³/mol. The number of rotatable bonds is 3. The Labute approximate surface area is 202 Å². The quantitative estimate of drug-likeness (QED) is 0.677. The summed E-state index contributed by atoms with van der Waals surface area (Å²) >= 11 is 0. The minimum Gasteiger partial charge on any atom is -0.296 e. The average Bonchev–Trinajstić information content (AvgIpc) is 3.20. The van der Waals surface area contributed by atoms with Crippen LogP contribution in [-0.4, -0.2) is 40.3 Å². The second kappa shape index (κ2) is 7.17. The third-order valence-electron chi connectivity index (χ3n) is 9.26. The molecule has 0 aromatic heterocycles. The zero-order chi connectivity index (χ0) is 23.7. The van der Waals surface area contributed by atoms with Crippen molar-refractivity contribution in [3.05, 3.63) is 71.8 Å². The van der Waals surface area contributed by atoms with Crippen molar-refractivity contribution in [1.29, 1.82) is 10.5 Å². The molecule has 0 unspecified atom stereocenters. The lowest BCUT2D eigenvalue weighted by Crippen LogP contribution is -2.56. The second-order valence-electron chi connectivity index (χ2n) is 11.1. The summed E-state index contributed by atoms with van der Waals surface area (Å²) in [6.45, 7) is 8.82. The Morgan fingerprint density at radius 3 is 2.09 bits per heavy atom. The van der Waals surface area contributed by atoms with Crippen LogP contribution in [0.1, 0.15) is 44.7 Å². The summed E-state index contributed by atoms with van der Waals surface area (Å²) in [5.74, 6) is 0.614. The Morgan fingerprint density at radius 1 is 0.912 bits per heavy atom. The standard InChI is InChI=1S/C29H31N5/c1-20-26(33-16-10-11-17-33)28(18-30,19-31)34-29(20,22-14-8-5-9-15-22)25-23(27(25,2)3)24(32-34)21-12-6-4-7-13-21/h4-9,12-15,20,23,25-26H,10-11,16-17H2,1-3H3/t20-,23-,25+,26+,29-/m1/s1. The summed E-state index contributed by atoms with van der Waals surface area (Å²) in [6, 6.07) is 25.8. The van der Waals surface area contributed by atoms with Gasteiger partial charge in [0, 0.05) is 17.8 Å². The van der Waals surface area contributed by atoms with Crippen molar-refractivity contribution in [3.63, 3.8) is 0 Å². The molecule has 0 bridgehead atoms. The van der Waals surface area contributed by atoms with Crippen molar-refractivity contribution >= 4 is 5.71 Å². The van der Waals surface area contributed by atoms with E-state index in [-0.39, 0.29) is 29.2 Å². The number of nitrogens with zero attached hydrogens (tertiary/aromatic N) is 5. The minimum atomic E-state index is -1.34. The summed E-state index contributed by atoms with van der Waals surface area (Å²) in [5, 5.41) is 28.8. The van der Waals surface area contributed by atoms with Gasteiger partial charge in [0.2, 0.25) is 5.54 Å². The zero-order valence-electron chi connectivity index (χ0n) is 20.1. The van der Waals surface area contributed by atoms with Gasteiger partial charge in [-0.05, 0) is 42.5 Å². The van der Waals surface area contributed by atoms with Crippen LogP contribution in [0.4, 0.5) is 0 Å². The number of nitriles is 2. The topological polar surface area (TPSA) is 66.4 Å². The first-order valence-electron chi connectivity index (χ1n) is 12.5. The van der Waals surface area contributed by atoms with Crippen molar-refractivity contribution in [1.82, 2.24) is 9.91 Å². The molecule has 2 aromatic rings. The minimum absolute atomic E-state index is 0.00404. The number of hydrogen-bond donors (Lipinski definition) is 0. The summed E-state index contributed by atoms with van der Waals surface area (Å²) < 4.78 is 0. The molecule has 3 fully saturated rings. The van der Waals surface area contributed by atoms with E-state index in [1.807, 2.05) is 29.3 Å². The second-order valence-corrected chi connectivity index (χ2v) is 11.1. The fraction of sp³-hybridized carbons (Fsp3) is 0.483. The molecule has 5 atom stereocenters. The van der Waals surface area contributed by atoms with E-state index in [4.69, 9.17) is 5.10 Å². The van der Waals surface area contributed by atoms with Crippen LogP contribution in [0, 0.1) is 45.8 Å². The molecule has 0 spiro atoms. The van der Waals surface area contributed by atoms with Gasteiger partial charge in [-0.3, -0.25) is 9.91 Å². The van der Waals surface area contributed by atoms with E-state index in [2.05, 4.69) is 74.2 Å². The van der Waals surface area contributed by atoms with Crippen molar-refractivity contribution in [3.8, 4) is 12.1 Å². The third kappa shape index (κ3) is 2.44. The van der Waals surface area contributed by atoms with Crippen molar-refractivity contribution in [2.24, 2.45) is 28.3 Å². The molecule has 3 aliphatic heterocycles. The molecule has 3 heterocycles. The van der Waals surface area contributed by atoms with E-state index in [1.54, 1.807) is 0 Å². The molecule has 1 aliphatic carbocycles. The molecular formula is C29H31N5. The molecule has 5 heteroatoms. The van der Waals surface area contributed by atoms with Gasteiger partial charge in [0.25, 0.3) is 0 Å². The maximum absolute atomic E-state index is 10.7. The number of likely N-dealkylation sites (tertiary alicyclic amines) is 1. The van der Waals surface area contributed by atoms with Crippen LogP contribution >= 0.6 is 0 Å². The lowest BCUT2D eigenvalue weighted by molar-refractivity contribution is 0.0309. The fourth-order valence-electron chi connectivity index (χ4n) is 7.90. The maximum atomic E-state index is 10.7. The number of benzene rings is 2. The molecule has 0 radical (unpaired) electrons. The Bertz CT molecular complexity index is 1200. The summed E-state index contributed by atoms with van der Waals surface area (Å²) in [4.78, 5) is 2.40. The molecule has 2 saturated heterocycles. The van der Waals surface area contributed by atoms with E-state index >= 15 is 0 Å². The van der Waals surface area contributed by atoms with Gasteiger partial charge in [-0.2, -0.15) is 15.6 Å². The van der Waals surface area contributed by atoms with E-state index in [1.165, 1.54) is 5.56 Å². The summed E-state index contributed by atoms with van der Waals surface area (Å²) in [7, 11) is 0. The van der Waals surface area contributed by atoms with Crippen LogP contribution in [0.5, 0.6) is 0 Å². The van der Waals surface area contributed by atoms with Crippen LogP contribution < -0.4 is 0 Å². The molecular weight excluding hydrogens is 418 g/mol. The normalized spacial score (nSPS) is 35.0. The maximum Gasteiger partial charge on any atom is 0.246 e. The fourth-order valence-corrected chi connectivity index (χ4v) is 7.90. The van der Waals surface area contributed by atoms with Crippen LogP contribution in [0.2, 0.25) is 0 Å². The highest BCUT2D eigenvalue weighted by molar-refractivity contribution is 6.05. The van der Waals surface area contributed by atoms with Crippen molar-refractivity contribution < 1.29 is 0 Å². The van der Waals surface area contributed by atoms with Crippen LogP contribution in [-0.2, 0) is 5.54 Å². The van der Waals surface area contributed by atoms with E-state index in [0.29, 0.717) is 0 Å². The highest BCUT2D eigenvalue weighted by atomic mass is 15.6. The van der Waals surface area contributed by atoms with Gasteiger partial charge in [0.15, 0.2) is 0 Å². The monoisotopic (exact) mass is 449 g/mol. The Hall–Kier alpha value is -3.15. The molecule has 172 valence electrons. The molecule has 6 rings (SSSR count). The van der Waals surface area contributed by atoms with Crippen LogP contribution in [0.3, 0.4) is 0 Å². The Balaban J connectivity index is 1.66. The summed E-state index contributed by atoms with van der Waals surface area (Å²) in [6.07, 6.45) is 2.23. The molecule has 2 aromatic carbocycles. The number of hydrogen-bond acceptors (Lipinski definition) is 5. The van der Waals surface area contributed by atoms with Gasteiger partial charge in [0.05, 0.1) is 17.3 Å². The summed E-state index contributed by atoms with van der Waals surface area (Å²) in [5.41, 5.74) is 1.44. The first-order chi connectivity index (χ1) is 16.4. The van der Waals surface area contributed by atoms with Crippen molar-refractivity contribution in [2.75, 3.05) is 13.1 Å².